The van der Waals surface area contributed by atoms with E-state index in [0.717, 1.165) is 0 Å². The minimum absolute atomic E-state index is 0.428. The highest BCUT2D eigenvalue weighted by molar-refractivity contribution is 5.90. The van der Waals surface area contributed by atoms with Crippen LogP contribution in [0.2, 0.25) is 0 Å². The summed E-state index contributed by atoms with van der Waals surface area (Å²) < 4.78 is 16.5. The third-order valence-electron chi connectivity index (χ3n) is 3.85. The van der Waals surface area contributed by atoms with Crippen LogP contribution >= 0.6 is 0 Å². The summed E-state index contributed by atoms with van der Waals surface area (Å²) in [5.41, 5.74) is 0.862. The number of ether oxygens (including phenoxy) is 3. The van der Waals surface area contributed by atoms with E-state index in [1.165, 1.54) is 6.26 Å². The molecule has 0 aliphatic carbocycles. The summed E-state index contributed by atoms with van der Waals surface area (Å²) in [7, 11) is 0. The van der Waals surface area contributed by atoms with Gasteiger partial charge in [0.2, 0.25) is 0 Å². The SMILES string of the molecule is C[C@@H]1OC=C[C@@H](OC(=O)c2ccccc2)[C@H]1OC(=O)c1ccccc1. The molecule has 0 fully saturated rings. The van der Waals surface area contributed by atoms with Crippen LogP contribution in [0.5, 0.6) is 0 Å². The first kappa shape index (κ1) is 16.8. The minimum Gasteiger partial charge on any atom is -0.494 e. The molecule has 0 spiro atoms. The molecule has 0 saturated heterocycles. The van der Waals surface area contributed by atoms with Gasteiger partial charge in [-0.2, -0.15) is 0 Å². The second-order valence-electron chi connectivity index (χ2n) is 5.64. The lowest BCUT2D eigenvalue weighted by Gasteiger charge is -2.32. The molecular weight excluding hydrogens is 320 g/mol. The van der Waals surface area contributed by atoms with Gasteiger partial charge in [-0.25, -0.2) is 9.59 Å². The van der Waals surface area contributed by atoms with Gasteiger partial charge in [0.25, 0.3) is 0 Å². The van der Waals surface area contributed by atoms with E-state index < -0.39 is 30.3 Å². The summed E-state index contributed by atoms with van der Waals surface area (Å²) in [6.45, 7) is 1.76. The molecule has 5 heteroatoms. The van der Waals surface area contributed by atoms with Gasteiger partial charge >= 0.3 is 11.9 Å². The van der Waals surface area contributed by atoms with E-state index >= 15 is 0 Å². The van der Waals surface area contributed by atoms with Gasteiger partial charge in [0.05, 0.1) is 17.4 Å². The van der Waals surface area contributed by atoms with E-state index in [2.05, 4.69) is 0 Å². The zero-order chi connectivity index (χ0) is 17.6. The van der Waals surface area contributed by atoms with E-state index in [4.69, 9.17) is 14.2 Å². The first-order valence-electron chi connectivity index (χ1n) is 7.99. The van der Waals surface area contributed by atoms with E-state index in [-0.39, 0.29) is 0 Å². The number of carbonyl (C=O) groups excluding carboxylic acids is 2. The largest absolute Gasteiger partial charge is 0.494 e. The van der Waals surface area contributed by atoms with Crippen molar-refractivity contribution in [3.8, 4) is 0 Å². The fourth-order valence-corrected chi connectivity index (χ4v) is 2.50. The van der Waals surface area contributed by atoms with Crippen LogP contribution < -0.4 is 0 Å². The van der Waals surface area contributed by atoms with E-state index in [1.807, 2.05) is 12.1 Å². The van der Waals surface area contributed by atoms with Crippen LogP contribution in [0.1, 0.15) is 27.6 Å². The fourth-order valence-electron chi connectivity index (χ4n) is 2.50. The molecule has 25 heavy (non-hydrogen) atoms. The van der Waals surface area contributed by atoms with Crippen molar-refractivity contribution >= 4 is 11.9 Å². The van der Waals surface area contributed by atoms with Crippen LogP contribution in [-0.2, 0) is 14.2 Å². The first-order chi connectivity index (χ1) is 12.1. The molecule has 1 aliphatic heterocycles. The topological polar surface area (TPSA) is 61.8 Å². The van der Waals surface area contributed by atoms with Crippen LogP contribution in [0.3, 0.4) is 0 Å². The molecule has 1 aliphatic rings. The smallest absolute Gasteiger partial charge is 0.338 e. The average molecular weight is 338 g/mol. The van der Waals surface area contributed by atoms with Crippen molar-refractivity contribution in [3.05, 3.63) is 84.1 Å². The Balaban J connectivity index is 1.73. The zero-order valence-corrected chi connectivity index (χ0v) is 13.7. The molecule has 3 atom stereocenters. The van der Waals surface area contributed by atoms with Gasteiger partial charge in [0.1, 0.15) is 6.10 Å². The third-order valence-corrected chi connectivity index (χ3v) is 3.85. The average Bonchev–Trinajstić information content (AvgIpc) is 2.66. The summed E-state index contributed by atoms with van der Waals surface area (Å²) in [5.74, 6) is -0.970. The van der Waals surface area contributed by atoms with Crippen LogP contribution in [0.15, 0.2) is 73.0 Å². The van der Waals surface area contributed by atoms with Crippen LogP contribution in [0, 0.1) is 0 Å². The molecule has 1 heterocycles. The number of benzene rings is 2. The van der Waals surface area contributed by atoms with E-state index in [9.17, 15) is 9.59 Å². The Bertz CT molecular complexity index is 754. The highest BCUT2D eigenvalue weighted by Crippen LogP contribution is 2.21. The van der Waals surface area contributed by atoms with E-state index in [1.54, 1.807) is 61.5 Å². The van der Waals surface area contributed by atoms with Gasteiger partial charge in [-0.15, -0.1) is 0 Å². The Morgan fingerprint density at radius 2 is 1.36 bits per heavy atom. The van der Waals surface area contributed by atoms with Gasteiger partial charge in [-0.1, -0.05) is 36.4 Å². The van der Waals surface area contributed by atoms with E-state index in [0.29, 0.717) is 11.1 Å². The van der Waals surface area contributed by atoms with Crippen molar-refractivity contribution in [1.29, 1.82) is 0 Å². The minimum atomic E-state index is -0.731. The number of rotatable bonds is 4. The summed E-state index contributed by atoms with van der Waals surface area (Å²) in [5, 5.41) is 0. The quantitative estimate of drug-likeness (QED) is 0.800. The molecule has 128 valence electrons. The molecule has 5 nitrogen and oxygen atoms in total. The Hall–Kier alpha value is -3.08. The Morgan fingerprint density at radius 1 is 0.840 bits per heavy atom. The summed E-state index contributed by atoms with van der Waals surface area (Å²) in [6, 6.07) is 17.3. The summed E-state index contributed by atoms with van der Waals surface area (Å²) in [4.78, 5) is 24.6. The van der Waals surface area contributed by atoms with Gasteiger partial charge in [-0.05, 0) is 37.3 Å². The van der Waals surface area contributed by atoms with Crippen LogP contribution in [0.25, 0.3) is 0 Å². The molecule has 0 amide bonds. The van der Waals surface area contributed by atoms with Gasteiger partial charge in [-0.3, -0.25) is 0 Å². The lowest BCUT2D eigenvalue weighted by atomic mass is 10.1. The predicted octanol–water partition coefficient (Wildman–Crippen LogP) is 3.37. The van der Waals surface area contributed by atoms with Gasteiger partial charge in [0, 0.05) is 0 Å². The molecule has 0 N–H and O–H groups in total. The number of hydrogen-bond acceptors (Lipinski definition) is 5. The normalized spacial score (nSPS) is 21.9. The maximum Gasteiger partial charge on any atom is 0.338 e. The third kappa shape index (κ3) is 4.07. The number of hydrogen-bond donors (Lipinski definition) is 0. The summed E-state index contributed by atoms with van der Waals surface area (Å²) in [6.07, 6.45) is 1.14. The maximum absolute atomic E-state index is 12.3. The Labute approximate surface area is 145 Å². The molecule has 3 rings (SSSR count). The maximum atomic E-state index is 12.3. The highest BCUT2D eigenvalue weighted by atomic mass is 16.6. The van der Waals surface area contributed by atoms with Gasteiger partial charge < -0.3 is 14.2 Å². The van der Waals surface area contributed by atoms with Crippen molar-refractivity contribution in [3.63, 3.8) is 0 Å². The van der Waals surface area contributed by atoms with Crippen LogP contribution in [0.4, 0.5) is 0 Å². The molecule has 0 aromatic heterocycles. The lowest BCUT2D eigenvalue weighted by molar-refractivity contribution is -0.0772. The van der Waals surface area contributed by atoms with Crippen molar-refractivity contribution in [2.24, 2.45) is 0 Å². The molecule has 2 aromatic rings. The van der Waals surface area contributed by atoms with Crippen molar-refractivity contribution in [2.45, 2.75) is 25.2 Å². The fraction of sp³-hybridized carbons (Fsp3) is 0.200. The number of carbonyl (C=O) groups is 2. The van der Waals surface area contributed by atoms with Crippen molar-refractivity contribution in [1.82, 2.24) is 0 Å². The van der Waals surface area contributed by atoms with Gasteiger partial charge in [0.15, 0.2) is 12.2 Å². The molecule has 0 bridgehead atoms. The molecular formula is C20H18O5. The standard InChI is InChI=1S/C20H18O5/c1-14-18(25-20(22)16-10-6-3-7-11-16)17(12-13-23-14)24-19(21)15-8-4-2-5-9-15/h2-14,17-18H,1H3/t14-,17+,18-/m0/s1. The highest BCUT2D eigenvalue weighted by Gasteiger charge is 2.35. The second-order valence-corrected chi connectivity index (χ2v) is 5.64. The molecule has 0 unspecified atom stereocenters. The summed E-state index contributed by atoms with van der Waals surface area (Å²) >= 11 is 0. The predicted molar refractivity (Wildman–Crippen MR) is 91.0 cm³/mol. The van der Waals surface area contributed by atoms with Crippen LogP contribution in [-0.4, -0.2) is 30.3 Å². The Morgan fingerprint density at radius 3 is 1.92 bits per heavy atom. The number of esters is 2. The second kappa shape index (κ2) is 7.66. The zero-order valence-electron chi connectivity index (χ0n) is 13.7. The molecule has 0 radical (unpaired) electrons. The first-order valence-corrected chi connectivity index (χ1v) is 7.99. The Kier molecular flexibility index (Phi) is 5.14. The lowest BCUT2D eigenvalue weighted by Crippen LogP contribution is -2.44. The molecule has 0 saturated carbocycles. The molecule has 2 aromatic carbocycles. The monoisotopic (exact) mass is 338 g/mol. The van der Waals surface area contributed by atoms with Crippen molar-refractivity contribution in [2.75, 3.05) is 0 Å². The van der Waals surface area contributed by atoms with Crippen molar-refractivity contribution < 1.29 is 23.8 Å².